The molecule has 1 aromatic heterocycles. The fraction of sp³-hybridized carbons (Fsp3) is 0.182. The Kier molecular flexibility index (Phi) is 3.26. The van der Waals surface area contributed by atoms with Gasteiger partial charge in [0.05, 0.1) is 16.7 Å². The number of unbranched alkanes of at least 4 members (excludes halogenated alkanes) is 1. The Morgan fingerprint density at radius 3 is 2.88 bits per heavy atom. The normalized spacial score (nSPS) is 11.2. The van der Waals surface area contributed by atoms with Crippen molar-refractivity contribution in [3.8, 4) is 0 Å². The fourth-order valence-corrected chi connectivity index (χ4v) is 1.63. The van der Waals surface area contributed by atoms with Gasteiger partial charge in [0.25, 0.3) is 0 Å². The molecule has 0 spiro atoms. The van der Waals surface area contributed by atoms with E-state index in [1.807, 2.05) is 18.2 Å². The summed E-state index contributed by atoms with van der Waals surface area (Å²) in [4.78, 5) is 20.4. The molecule has 0 saturated heterocycles. The average Bonchev–Trinajstić information content (AvgIpc) is 2.64. The molecule has 0 aliphatic rings. The van der Waals surface area contributed by atoms with Crippen molar-refractivity contribution >= 4 is 41.4 Å². The lowest BCUT2D eigenvalue weighted by Gasteiger charge is -1.93. The number of nitrogens with one attached hydrogen (secondary N) is 2. The van der Waals surface area contributed by atoms with Crippen molar-refractivity contribution in [1.82, 2.24) is 9.97 Å². The number of imidazole rings is 1. The summed E-state index contributed by atoms with van der Waals surface area (Å²) < 4.78 is 0.608. The van der Waals surface area contributed by atoms with Crippen LogP contribution in [-0.2, 0) is 4.79 Å². The molecule has 0 aliphatic heterocycles. The van der Waals surface area contributed by atoms with Crippen LogP contribution >= 0.6 is 12.2 Å². The summed E-state index contributed by atoms with van der Waals surface area (Å²) in [5.74, 6) is 0. The second-order valence-electron chi connectivity index (χ2n) is 3.36. The summed E-state index contributed by atoms with van der Waals surface area (Å²) in [5, 5.41) is 0. The molecular formula is C11H11N3OS. The van der Waals surface area contributed by atoms with E-state index >= 15 is 0 Å². The standard InChI is InChI=1S/C11H11N3OS/c15-6-2-1-5-12-8-3-4-9-10(7-8)14-11(16)13-9/h3-7H,1-2H2,(H2,13,14,16). The molecule has 0 bridgehead atoms. The van der Waals surface area contributed by atoms with E-state index in [4.69, 9.17) is 12.2 Å². The molecule has 0 fully saturated rings. The molecule has 0 atom stereocenters. The summed E-state index contributed by atoms with van der Waals surface area (Å²) in [7, 11) is 0. The summed E-state index contributed by atoms with van der Waals surface area (Å²) >= 11 is 4.99. The predicted octanol–water partition coefficient (Wildman–Crippen LogP) is 2.91. The van der Waals surface area contributed by atoms with Crippen molar-refractivity contribution < 1.29 is 4.79 Å². The highest BCUT2D eigenvalue weighted by molar-refractivity contribution is 7.71. The molecule has 0 amide bonds. The number of carbonyl (C=O) groups excluding carboxylic acids is 1. The van der Waals surface area contributed by atoms with E-state index in [-0.39, 0.29) is 0 Å². The number of benzene rings is 1. The van der Waals surface area contributed by atoms with Crippen molar-refractivity contribution in [2.45, 2.75) is 12.8 Å². The topological polar surface area (TPSA) is 61.0 Å². The Hall–Kier alpha value is -1.75. The van der Waals surface area contributed by atoms with Crippen LogP contribution in [0.4, 0.5) is 5.69 Å². The third-order valence-electron chi connectivity index (χ3n) is 2.15. The van der Waals surface area contributed by atoms with Crippen molar-refractivity contribution in [2.24, 2.45) is 4.99 Å². The highest BCUT2D eigenvalue weighted by Gasteiger charge is 1.96. The Labute approximate surface area is 97.4 Å². The molecule has 0 unspecified atom stereocenters. The summed E-state index contributed by atoms with van der Waals surface area (Å²) in [6.45, 7) is 0. The minimum atomic E-state index is 0.512. The van der Waals surface area contributed by atoms with Gasteiger partial charge in [-0.05, 0) is 36.8 Å². The zero-order valence-electron chi connectivity index (χ0n) is 8.56. The number of aldehydes is 1. The van der Waals surface area contributed by atoms with Gasteiger partial charge in [0, 0.05) is 12.6 Å². The van der Waals surface area contributed by atoms with Gasteiger partial charge >= 0.3 is 0 Å². The Morgan fingerprint density at radius 1 is 1.25 bits per heavy atom. The van der Waals surface area contributed by atoms with Crippen LogP contribution in [0.3, 0.4) is 0 Å². The van der Waals surface area contributed by atoms with Gasteiger partial charge < -0.3 is 14.8 Å². The monoisotopic (exact) mass is 233 g/mol. The van der Waals surface area contributed by atoms with Crippen molar-refractivity contribution in [1.29, 1.82) is 0 Å². The molecule has 0 aliphatic carbocycles. The van der Waals surface area contributed by atoms with Crippen LogP contribution in [-0.4, -0.2) is 22.5 Å². The van der Waals surface area contributed by atoms with E-state index in [1.165, 1.54) is 0 Å². The smallest absolute Gasteiger partial charge is 0.175 e. The number of H-pyrrole nitrogens is 2. The van der Waals surface area contributed by atoms with Gasteiger partial charge in [-0.15, -0.1) is 0 Å². The van der Waals surface area contributed by atoms with Crippen LogP contribution in [0, 0.1) is 4.77 Å². The first-order valence-corrected chi connectivity index (χ1v) is 5.38. The van der Waals surface area contributed by atoms with E-state index in [0.29, 0.717) is 17.6 Å². The molecule has 2 aromatic rings. The van der Waals surface area contributed by atoms with Gasteiger partial charge in [0.1, 0.15) is 6.29 Å². The first kappa shape index (κ1) is 10.8. The molecule has 1 aromatic carbocycles. The number of hydrogen-bond donors (Lipinski definition) is 2. The van der Waals surface area contributed by atoms with Crippen LogP contribution < -0.4 is 0 Å². The number of carbonyl (C=O) groups is 1. The average molecular weight is 233 g/mol. The molecule has 4 nitrogen and oxygen atoms in total. The molecule has 0 saturated carbocycles. The summed E-state index contributed by atoms with van der Waals surface area (Å²) in [5.41, 5.74) is 2.76. The summed E-state index contributed by atoms with van der Waals surface area (Å²) in [6, 6.07) is 5.74. The second-order valence-corrected chi connectivity index (χ2v) is 3.77. The van der Waals surface area contributed by atoms with Crippen LogP contribution in [0.25, 0.3) is 11.0 Å². The Bertz CT molecular complexity index is 582. The van der Waals surface area contributed by atoms with Crippen LogP contribution in [0.15, 0.2) is 23.2 Å². The highest BCUT2D eigenvalue weighted by atomic mass is 32.1. The third-order valence-corrected chi connectivity index (χ3v) is 2.36. The first-order valence-electron chi connectivity index (χ1n) is 4.98. The van der Waals surface area contributed by atoms with Gasteiger partial charge in [-0.25, -0.2) is 0 Å². The molecule has 16 heavy (non-hydrogen) atoms. The van der Waals surface area contributed by atoms with E-state index in [1.54, 1.807) is 6.21 Å². The van der Waals surface area contributed by atoms with E-state index in [9.17, 15) is 4.79 Å². The lowest BCUT2D eigenvalue weighted by atomic mass is 10.3. The SMILES string of the molecule is O=CCCC=Nc1ccc2[nH]c(=S)[nH]c2c1. The van der Waals surface area contributed by atoms with Crippen molar-refractivity contribution in [2.75, 3.05) is 0 Å². The van der Waals surface area contributed by atoms with Gasteiger partial charge in [0.15, 0.2) is 4.77 Å². The minimum Gasteiger partial charge on any atom is -0.331 e. The number of nitrogens with zero attached hydrogens (tertiary/aromatic N) is 1. The van der Waals surface area contributed by atoms with E-state index in [2.05, 4.69) is 15.0 Å². The molecule has 82 valence electrons. The van der Waals surface area contributed by atoms with Crippen molar-refractivity contribution in [3.05, 3.63) is 23.0 Å². The largest absolute Gasteiger partial charge is 0.331 e. The predicted molar refractivity (Wildman–Crippen MR) is 66.9 cm³/mol. The van der Waals surface area contributed by atoms with Crippen LogP contribution in [0.5, 0.6) is 0 Å². The quantitative estimate of drug-likeness (QED) is 0.369. The van der Waals surface area contributed by atoms with Crippen molar-refractivity contribution in [3.63, 3.8) is 0 Å². The molecule has 5 heteroatoms. The molecule has 2 N–H and O–H groups in total. The van der Waals surface area contributed by atoms with Gasteiger partial charge in [-0.2, -0.15) is 0 Å². The Morgan fingerprint density at radius 2 is 2.06 bits per heavy atom. The first-order chi connectivity index (χ1) is 7.79. The number of rotatable bonds is 4. The molecule has 1 heterocycles. The Balaban J connectivity index is 2.22. The number of hydrogen-bond acceptors (Lipinski definition) is 3. The number of aromatic nitrogens is 2. The van der Waals surface area contributed by atoms with Gasteiger partial charge in [-0.3, -0.25) is 4.99 Å². The maximum atomic E-state index is 10.1. The minimum absolute atomic E-state index is 0.512. The zero-order chi connectivity index (χ0) is 11.4. The highest BCUT2D eigenvalue weighted by Crippen LogP contribution is 2.18. The molecule has 2 rings (SSSR count). The maximum absolute atomic E-state index is 10.1. The lowest BCUT2D eigenvalue weighted by molar-refractivity contribution is -0.107. The number of aromatic amines is 2. The van der Waals surface area contributed by atoms with Gasteiger partial charge in [-0.1, -0.05) is 0 Å². The maximum Gasteiger partial charge on any atom is 0.175 e. The third kappa shape index (κ3) is 2.43. The number of aliphatic imine (C=N–C) groups is 1. The second kappa shape index (κ2) is 4.85. The van der Waals surface area contributed by atoms with Crippen LogP contribution in [0.2, 0.25) is 0 Å². The van der Waals surface area contributed by atoms with E-state index < -0.39 is 0 Å². The van der Waals surface area contributed by atoms with E-state index in [0.717, 1.165) is 23.0 Å². The van der Waals surface area contributed by atoms with Gasteiger partial charge in [0.2, 0.25) is 0 Å². The summed E-state index contributed by atoms with van der Waals surface area (Å²) in [6.07, 6.45) is 3.82. The molecule has 0 radical (unpaired) electrons. The lowest BCUT2D eigenvalue weighted by Crippen LogP contribution is -1.77. The zero-order valence-corrected chi connectivity index (χ0v) is 9.38. The number of fused-ring (bicyclic) bond motifs is 1. The molecular weight excluding hydrogens is 222 g/mol. The fourth-order valence-electron chi connectivity index (χ4n) is 1.41. The van der Waals surface area contributed by atoms with Crippen LogP contribution in [0.1, 0.15) is 12.8 Å².